The average molecular weight is 283 g/mol. The molecular weight excluding hydrogens is 260 g/mol. The molecule has 0 amide bonds. The van der Waals surface area contributed by atoms with Crippen LogP contribution in [0.4, 0.5) is 5.69 Å². The number of anilines is 1. The van der Waals surface area contributed by atoms with Crippen LogP contribution in [0.15, 0.2) is 18.2 Å². The maximum Gasteiger partial charge on any atom is 0.0746 e. The molecule has 1 N–H and O–H groups in total. The first kappa shape index (κ1) is 14.6. The predicted octanol–water partition coefficient (Wildman–Crippen LogP) is 3.24. The van der Waals surface area contributed by atoms with Gasteiger partial charge in [0.2, 0.25) is 0 Å². The van der Waals surface area contributed by atoms with E-state index in [9.17, 15) is 0 Å². The molecule has 1 aromatic rings. The fourth-order valence-electron chi connectivity index (χ4n) is 2.57. The van der Waals surface area contributed by atoms with Gasteiger partial charge in [-0.05, 0) is 44.5 Å². The molecule has 0 aromatic heterocycles. The molecule has 0 radical (unpaired) electrons. The van der Waals surface area contributed by atoms with Gasteiger partial charge in [0, 0.05) is 26.2 Å². The fraction of sp³-hybridized carbons (Fsp3) is 0.600. The van der Waals surface area contributed by atoms with E-state index in [1.807, 2.05) is 7.05 Å². The number of hydrogen-bond donors (Lipinski definition) is 1. The van der Waals surface area contributed by atoms with Gasteiger partial charge in [0.15, 0.2) is 0 Å². The summed E-state index contributed by atoms with van der Waals surface area (Å²) in [6.45, 7) is 4.12. The largest absolute Gasteiger partial charge is 0.380 e. The number of hydrogen-bond acceptors (Lipinski definition) is 3. The van der Waals surface area contributed by atoms with Crippen LogP contribution in [-0.4, -0.2) is 33.4 Å². The van der Waals surface area contributed by atoms with Gasteiger partial charge in [-0.25, -0.2) is 0 Å². The quantitative estimate of drug-likeness (QED) is 0.918. The molecule has 0 aliphatic carbocycles. The first-order chi connectivity index (χ1) is 9.15. The lowest BCUT2D eigenvalue weighted by atomic mass is 10.0. The number of nitrogens with one attached hydrogen (secondary N) is 1. The number of benzene rings is 1. The van der Waals surface area contributed by atoms with E-state index >= 15 is 0 Å². The van der Waals surface area contributed by atoms with Crippen molar-refractivity contribution in [3.8, 4) is 0 Å². The minimum absolute atomic E-state index is 0.319. The molecule has 0 spiro atoms. The van der Waals surface area contributed by atoms with Crippen molar-refractivity contribution in [1.29, 1.82) is 0 Å². The molecule has 19 heavy (non-hydrogen) atoms. The second-order valence-electron chi connectivity index (χ2n) is 5.17. The Bertz CT molecular complexity index is 425. The van der Waals surface area contributed by atoms with E-state index in [0.29, 0.717) is 12.1 Å². The fourth-order valence-corrected chi connectivity index (χ4v) is 2.87. The van der Waals surface area contributed by atoms with E-state index in [4.69, 9.17) is 16.3 Å². The third-order valence-corrected chi connectivity index (χ3v) is 4.26. The number of piperidine rings is 1. The molecule has 106 valence electrons. The molecule has 2 rings (SSSR count). The summed E-state index contributed by atoms with van der Waals surface area (Å²) in [6, 6.07) is 6.66. The number of rotatable bonds is 4. The van der Waals surface area contributed by atoms with Crippen molar-refractivity contribution in [3.63, 3.8) is 0 Å². The summed E-state index contributed by atoms with van der Waals surface area (Å²) in [5.74, 6) is 0. The molecule has 2 unspecified atom stereocenters. The average Bonchev–Trinajstić information content (AvgIpc) is 2.46. The van der Waals surface area contributed by atoms with Crippen molar-refractivity contribution in [1.82, 2.24) is 5.32 Å². The molecule has 4 heteroatoms. The van der Waals surface area contributed by atoms with Gasteiger partial charge in [-0.2, -0.15) is 0 Å². The molecule has 2 atom stereocenters. The lowest BCUT2D eigenvalue weighted by Crippen LogP contribution is -2.39. The van der Waals surface area contributed by atoms with Crippen LogP contribution in [-0.2, 0) is 4.74 Å². The molecule has 1 saturated heterocycles. The smallest absolute Gasteiger partial charge is 0.0746 e. The van der Waals surface area contributed by atoms with Crippen LogP contribution < -0.4 is 10.2 Å². The highest BCUT2D eigenvalue weighted by molar-refractivity contribution is 6.33. The van der Waals surface area contributed by atoms with Crippen LogP contribution in [0, 0.1) is 0 Å². The third-order valence-electron chi connectivity index (χ3n) is 3.96. The SMILES string of the molecule is CNC(C)c1ccc(N2CCCC(OC)C2)c(Cl)c1. The van der Waals surface area contributed by atoms with Crippen molar-refractivity contribution in [2.75, 3.05) is 32.1 Å². The number of nitrogens with zero attached hydrogens (tertiary/aromatic N) is 1. The molecule has 3 nitrogen and oxygen atoms in total. The van der Waals surface area contributed by atoms with Gasteiger partial charge in [-0.3, -0.25) is 0 Å². The van der Waals surface area contributed by atoms with E-state index in [2.05, 4.69) is 35.3 Å². The molecular formula is C15H23ClN2O. The summed E-state index contributed by atoms with van der Waals surface area (Å²) < 4.78 is 5.47. The topological polar surface area (TPSA) is 24.5 Å². The number of methoxy groups -OCH3 is 1. The summed E-state index contributed by atoms with van der Waals surface area (Å²) in [5.41, 5.74) is 2.34. The van der Waals surface area contributed by atoms with Gasteiger partial charge in [0.25, 0.3) is 0 Å². The third kappa shape index (κ3) is 3.41. The van der Waals surface area contributed by atoms with Crippen molar-refractivity contribution >= 4 is 17.3 Å². The lowest BCUT2D eigenvalue weighted by molar-refractivity contribution is 0.0893. The molecule has 0 bridgehead atoms. The van der Waals surface area contributed by atoms with Crippen molar-refractivity contribution in [3.05, 3.63) is 28.8 Å². The Morgan fingerprint density at radius 3 is 2.89 bits per heavy atom. The Kier molecular flexibility index (Phi) is 5.08. The van der Waals surface area contributed by atoms with Crippen LogP contribution in [0.1, 0.15) is 31.4 Å². The number of ether oxygens (including phenoxy) is 1. The van der Waals surface area contributed by atoms with Gasteiger partial charge in [0.1, 0.15) is 0 Å². The second kappa shape index (κ2) is 6.60. The first-order valence-corrected chi connectivity index (χ1v) is 7.28. The van der Waals surface area contributed by atoms with E-state index in [1.54, 1.807) is 7.11 Å². The van der Waals surface area contributed by atoms with E-state index in [0.717, 1.165) is 36.6 Å². The summed E-state index contributed by atoms with van der Waals surface area (Å²) in [7, 11) is 3.74. The van der Waals surface area contributed by atoms with Gasteiger partial charge < -0.3 is 15.0 Å². The Morgan fingerprint density at radius 1 is 1.47 bits per heavy atom. The standard InChI is InChI=1S/C15H23ClN2O/c1-11(17-2)12-6-7-15(14(16)9-12)18-8-4-5-13(10-18)19-3/h6-7,9,11,13,17H,4-5,8,10H2,1-3H3. The van der Waals surface area contributed by atoms with Crippen molar-refractivity contribution < 1.29 is 4.74 Å². The molecule has 0 saturated carbocycles. The van der Waals surface area contributed by atoms with Gasteiger partial charge in [-0.1, -0.05) is 17.7 Å². The monoisotopic (exact) mass is 282 g/mol. The zero-order chi connectivity index (χ0) is 13.8. The summed E-state index contributed by atoms with van der Waals surface area (Å²) in [5, 5.41) is 4.06. The second-order valence-corrected chi connectivity index (χ2v) is 5.57. The van der Waals surface area contributed by atoms with E-state index < -0.39 is 0 Å². The van der Waals surface area contributed by atoms with Crippen molar-refractivity contribution in [2.45, 2.75) is 31.9 Å². The molecule has 1 aliphatic rings. The minimum atomic E-state index is 0.319. The highest BCUT2D eigenvalue weighted by atomic mass is 35.5. The van der Waals surface area contributed by atoms with Crippen LogP contribution in [0.3, 0.4) is 0 Å². The van der Waals surface area contributed by atoms with Gasteiger partial charge >= 0.3 is 0 Å². The Morgan fingerprint density at radius 2 is 2.26 bits per heavy atom. The highest BCUT2D eigenvalue weighted by Crippen LogP contribution is 2.31. The zero-order valence-corrected chi connectivity index (χ0v) is 12.7. The molecule has 1 fully saturated rings. The van der Waals surface area contributed by atoms with Gasteiger partial charge in [-0.15, -0.1) is 0 Å². The van der Waals surface area contributed by atoms with E-state index in [1.165, 1.54) is 5.56 Å². The lowest BCUT2D eigenvalue weighted by Gasteiger charge is -2.34. The maximum atomic E-state index is 6.44. The van der Waals surface area contributed by atoms with Gasteiger partial charge in [0.05, 0.1) is 16.8 Å². The predicted molar refractivity (Wildman–Crippen MR) is 81.2 cm³/mol. The Hall–Kier alpha value is -0.770. The van der Waals surface area contributed by atoms with E-state index in [-0.39, 0.29) is 0 Å². The highest BCUT2D eigenvalue weighted by Gasteiger charge is 2.21. The maximum absolute atomic E-state index is 6.44. The van der Waals surface area contributed by atoms with Crippen LogP contribution in [0.2, 0.25) is 5.02 Å². The molecule has 1 aliphatic heterocycles. The van der Waals surface area contributed by atoms with Crippen LogP contribution in [0.5, 0.6) is 0 Å². The number of halogens is 1. The first-order valence-electron chi connectivity index (χ1n) is 6.90. The summed E-state index contributed by atoms with van der Waals surface area (Å²) in [6.07, 6.45) is 2.61. The Balaban J connectivity index is 2.16. The summed E-state index contributed by atoms with van der Waals surface area (Å²) >= 11 is 6.44. The minimum Gasteiger partial charge on any atom is -0.380 e. The Labute approximate surface area is 120 Å². The normalized spacial score (nSPS) is 21.5. The molecule has 1 aromatic carbocycles. The zero-order valence-electron chi connectivity index (χ0n) is 11.9. The summed E-state index contributed by atoms with van der Waals surface area (Å²) in [4.78, 5) is 2.33. The van der Waals surface area contributed by atoms with Crippen molar-refractivity contribution in [2.24, 2.45) is 0 Å². The van der Waals surface area contributed by atoms with Crippen LogP contribution >= 0.6 is 11.6 Å². The molecule has 1 heterocycles. The van der Waals surface area contributed by atoms with Crippen LogP contribution in [0.25, 0.3) is 0 Å².